The van der Waals surface area contributed by atoms with Crippen LogP contribution in [0.15, 0.2) is 16.2 Å². The number of aryl methyl sites for hydroxylation is 3. The van der Waals surface area contributed by atoms with Gasteiger partial charge in [-0.05, 0) is 32.8 Å². The smallest absolute Gasteiger partial charge is 0.268 e. The molecule has 4 rings (SSSR count). The normalized spacial score (nSPS) is 15.2. The summed E-state index contributed by atoms with van der Waals surface area (Å²) in [4.78, 5) is 31.0. The lowest BCUT2D eigenvalue weighted by Gasteiger charge is -2.22. The van der Waals surface area contributed by atoms with Crippen molar-refractivity contribution >= 4 is 22.2 Å². The minimum absolute atomic E-state index is 0.0331. The van der Waals surface area contributed by atoms with Crippen LogP contribution < -0.4 is 10.9 Å². The maximum absolute atomic E-state index is 13.3. The van der Waals surface area contributed by atoms with E-state index in [0.717, 1.165) is 18.5 Å². The first-order valence-electron chi connectivity index (χ1n) is 9.74. The van der Waals surface area contributed by atoms with Gasteiger partial charge in [-0.2, -0.15) is 5.10 Å². The summed E-state index contributed by atoms with van der Waals surface area (Å²) in [5.74, 6) is -0.0331. The maximum atomic E-state index is 13.3. The Morgan fingerprint density at radius 1 is 1.29 bits per heavy atom. The number of fused-ring (bicyclic) bond motifs is 1. The third-order valence-corrected chi connectivity index (χ3v) is 6.38. The van der Waals surface area contributed by atoms with E-state index in [1.54, 1.807) is 9.08 Å². The predicted octanol–water partition coefficient (Wildman–Crippen LogP) is 2.76. The highest BCUT2D eigenvalue weighted by Gasteiger charge is 2.21. The highest BCUT2D eigenvalue weighted by atomic mass is 32.1. The van der Waals surface area contributed by atoms with Gasteiger partial charge in [0.05, 0.1) is 23.4 Å². The number of thiazole rings is 1. The first-order chi connectivity index (χ1) is 13.4. The second kappa shape index (κ2) is 7.50. The van der Waals surface area contributed by atoms with E-state index in [-0.39, 0.29) is 23.9 Å². The largest absolute Gasteiger partial charge is 0.353 e. The highest BCUT2D eigenvalue weighted by Crippen LogP contribution is 2.22. The Hall–Kier alpha value is -2.48. The zero-order chi connectivity index (χ0) is 19.8. The molecule has 1 fully saturated rings. The van der Waals surface area contributed by atoms with Gasteiger partial charge in [0.25, 0.3) is 5.56 Å². The molecule has 1 aliphatic carbocycles. The van der Waals surface area contributed by atoms with Gasteiger partial charge in [0.15, 0.2) is 4.96 Å². The van der Waals surface area contributed by atoms with Crippen molar-refractivity contribution in [3.05, 3.63) is 38.9 Å². The molecule has 0 bridgehead atoms. The molecule has 0 unspecified atom stereocenters. The maximum Gasteiger partial charge on any atom is 0.268 e. The lowest BCUT2D eigenvalue weighted by molar-refractivity contribution is -0.121. The van der Waals surface area contributed by atoms with Gasteiger partial charge in [0, 0.05) is 29.9 Å². The van der Waals surface area contributed by atoms with Crippen molar-refractivity contribution in [2.45, 2.75) is 58.4 Å². The van der Waals surface area contributed by atoms with Gasteiger partial charge in [0.2, 0.25) is 5.91 Å². The monoisotopic (exact) mass is 399 g/mol. The Labute approximate surface area is 167 Å². The molecule has 3 aromatic rings. The van der Waals surface area contributed by atoms with Crippen molar-refractivity contribution < 1.29 is 4.79 Å². The number of hydrogen-bond donors (Lipinski definition) is 1. The quantitative estimate of drug-likeness (QED) is 0.731. The van der Waals surface area contributed by atoms with Crippen LogP contribution in [0.3, 0.4) is 0 Å². The van der Waals surface area contributed by atoms with Crippen LogP contribution >= 0.6 is 11.3 Å². The summed E-state index contributed by atoms with van der Waals surface area (Å²) >= 11 is 1.39. The Morgan fingerprint density at radius 3 is 2.71 bits per heavy atom. The zero-order valence-electron chi connectivity index (χ0n) is 16.5. The molecule has 148 valence electrons. The number of aromatic nitrogens is 4. The Kier molecular flexibility index (Phi) is 5.05. The molecule has 3 aromatic heterocycles. The molecule has 0 aliphatic heterocycles. The van der Waals surface area contributed by atoms with Gasteiger partial charge < -0.3 is 5.32 Å². The Bertz CT molecular complexity index is 1070. The van der Waals surface area contributed by atoms with Crippen molar-refractivity contribution in [1.29, 1.82) is 0 Å². The summed E-state index contributed by atoms with van der Waals surface area (Å²) in [5.41, 5.74) is 3.25. The minimum Gasteiger partial charge on any atom is -0.353 e. The topological polar surface area (TPSA) is 81.3 Å². The molecule has 0 aromatic carbocycles. The van der Waals surface area contributed by atoms with Crippen LogP contribution in [0.25, 0.3) is 16.2 Å². The van der Waals surface area contributed by atoms with Crippen LogP contribution in [0.4, 0.5) is 0 Å². The van der Waals surface area contributed by atoms with Crippen molar-refractivity contribution in [3.8, 4) is 11.3 Å². The molecule has 0 spiro atoms. The number of nitrogens with one attached hydrogen (secondary N) is 1. The van der Waals surface area contributed by atoms with E-state index in [1.807, 2.05) is 32.3 Å². The lowest BCUT2D eigenvalue weighted by Crippen LogP contribution is -2.37. The molecule has 1 N–H and O–H groups in total. The van der Waals surface area contributed by atoms with Gasteiger partial charge in [0.1, 0.15) is 0 Å². The average Bonchev–Trinajstić information content (AvgIpc) is 3.19. The zero-order valence-corrected chi connectivity index (χ0v) is 17.3. The van der Waals surface area contributed by atoms with E-state index in [9.17, 15) is 9.59 Å². The molecule has 1 saturated carbocycles. The summed E-state index contributed by atoms with van der Waals surface area (Å²) in [6.45, 7) is 3.77. The van der Waals surface area contributed by atoms with Gasteiger partial charge in [-0.3, -0.25) is 18.7 Å². The van der Waals surface area contributed by atoms with E-state index in [4.69, 9.17) is 0 Å². The molecular weight excluding hydrogens is 374 g/mol. The van der Waals surface area contributed by atoms with Crippen molar-refractivity contribution in [2.75, 3.05) is 0 Å². The fourth-order valence-electron chi connectivity index (χ4n) is 3.90. The van der Waals surface area contributed by atoms with Gasteiger partial charge in [-0.15, -0.1) is 11.3 Å². The molecule has 8 heteroatoms. The summed E-state index contributed by atoms with van der Waals surface area (Å²) in [7, 11) is 1.85. The van der Waals surface area contributed by atoms with Crippen LogP contribution in [0.1, 0.15) is 49.2 Å². The Balaban J connectivity index is 1.67. The van der Waals surface area contributed by atoms with Gasteiger partial charge in [-0.1, -0.05) is 19.3 Å². The van der Waals surface area contributed by atoms with Crippen LogP contribution in [-0.4, -0.2) is 31.1 Å². The fourth-order valence-corrected chi connectivity index (χ4v) is 4.82. The summed E-state index contributed by atoms with van der Waals surface area (Å²) < 4.78 is 3.31. The van der Waals surface area contributed by atoms with Crippen LogP contribution in [0, 0.1) is 13.8 Å². The first kappa shape index (κ1) is 18.9. The van der Waals surface area contributed by atoms with E-state index in [1.165, 1.54) is 30.6 Å². The molecule has 7 nitrogen and oxygen atoms in total. The highest BCUT2D eigenvalue weighted by molar-refractivity contribution is 7.15. The summed E-state index contributed by atoms with van der Waals surface area (Å²) in [6, 6.07) is 2.15. The van der Waals surface area contributed by atoms with Gasteiger partial charge >= 0.3 is 0 Å². The average molecular weight is 400 g/mol. The standard InChI is InChI=1S/C20H25N5O2S/c1-12-9-16(23-24(12)3)18-13(2)21-20-25(19(18)27)15(11-28-20)10-17(26)22-14-7-5-4-6-8-14/h9,11,14H,4-8,10H2,1-3H3,(H,22,26). The second-order valence-electron chi connectivity index (χ2n) is 7.60. The number of hydrogen-bond acceptors (Lipinski definition) is 5. The number of carbonyl (C=O) groups is 1. The third kappa shape index (κ3) is 3.48. The number of carbonyl (C=O) groups excluding carboxylic acids is 1. The third-order valence-electron chi connectivity index (χ3n) is 5.50. The van der Waals surface area contributed by atoms with Gasteiger partial charge in [-0.25, -0.2) is 4.98 Å². The number of rotatable bonds is 4. The van der Waals surface area contributed by atoms with E-state index < -0.39 is 0 Å². The van der Waals surface area contributed by atoms with E-state index in [0.29, 0.717) is 27.6 Å². The van der Waals surface area contributed by atoms with Crippen LogP contribution in [0.5, 0.6) is 0 Å². The molecule has 0 saturated heterocycles. The Morgan fingerprint density at radius 2 is 2.04 bits per heavy atom. The van der Waals surface area contributed by atoms with E-state index in [2.05, 4.69) is 15.4 Å². The number of nitrogens with zero attached hydrogens (tertiary/aromatic N) is 4. The molecular formula is C20H25N5O2S. The molecule has 3 heterocycles. The lowest BCUT2D eigenvalue weighted by atomic mass is 9.95. The van der Waals surface area contributed by atoms with Crippen molar-refractivity contribution in [1.82, 2.24) is 24.5 Å². The SMILES string of the molecule is Cc1nc2scc(CC(=O)NC3CCCCC3)n2c(=O)c1-c1cc(C)n(C)n1. The van der Waals surface area contributed by atoms with Crippen LogP contribution in [0.2, 0.25) is 0 Å². The minimum atomic E-state index is -0.165. The molecule has 0 radical (unpaired) electrons. The molecule has 28 heavy (non-hydrogen) atoms. The van der Waals surface area contributed by atoms with Crippen LogP contribution in [-0.2, 0) is 18.3 Å². The van der Waals surface area contributed by atoms with Crippen molar-refractivity contribution in [3.63, 3.8) is 0 Å². The fraction of sp³-hybridized carbons (Fsp3) is 0.500. The van der Waals surface area contributed by atoms with Crippen molar-refractivity contribution in [2.24, 2.45) is 7.05 Å². The molecule has 1 aliphatic rings. The summed E-state index contributed by atoms with van der Waals surface area (Å²) in [5, 5.41) is 9.43. The number of amides is 1. The molecule has 0 atom stereocenters. The molecule has 1 amide bonds. The second-order valence-corrected chi connectivity index (χ2v) is 8.43. The predicted molar refractivity (Wildman–Crippen MR) is 110 cm³/mol. The first-order valence-corrected chi connectivity index (χ1v) is 10.6. The van der Waals surface area contributed by atoms with E-state index >= 15 is 0 Å². The summed E-state index contributed by atoms with van der Waals surface area (Å²) in [6.07, 6.45) is 5.85.